The molecular weight excluding hydrogens is 304 g/mol. The molecule has 0 bridgehead atoms. The fraction of sp³-hybridized carbons (Fsp3) is 0.647. The van der Waals surface area contributed by atoms with E-state index in [1.165, 1.54) is 11.3 Å². The third-order valence-corrected chi connectivity index (χ3v) is 5.19. The van der Waals surface area contributed by atoms with Gasteiger partial charge < -0.3 is 9.42 Å². The normalized spacial score (nSPS) is 19.5. The van der Waals surface area contributed by atoms with Gasteiger partial charge in [0.25, 0.3) is 0 Å². The second-order valence-electron chi connectivity index (χ2n) is 6.68. The molecule has 2 aliphatic rings. The molecule has 1 fully saturated rings. The molecule has 128 valence electrons. The first-order valence-corrected chi connectivity index (χ1v) is 8.85. The number of hydrogen-bond donors (Lipinski definition) is 0. The Kier molecular flexibility index (Phi) is 4.18. The Morgan fingerprint density at radius 2 is 2.04 bits per heavy atom. The predicted molar refractivity (Wildman–Crippen MR) is 89.9 cm³/mol. The molecule has 4 heterocycles. The fourth-order valence-corrected chi connectivity index (χ4v) is 3.74. The summed E-state index contributed by atoms with van der Waals surface area (Å²) in [6, 6.07) is 0. The third kappa shape index (κ3) is 2.88. The van der Waals surface area contributed by atoms with E-state index in [1.54, 1.807) is 6.33 Å². The van der Waals surface area contributed by atoms with E-state index >= 15 is 0 Å². The maximum atomic E-state index is 5.35. The second kappa shape index (κ2) is 6.47. The first-order chi connectivity index (χ1) is 11.7. The highest BCUT2D eigenvalue weighted by atomic mass is 16.5. The lowest BCUT2D eigenvalue weighted by atomic mass is 9.96. The van der Waals surface area contributed by atoms with Crippen LogP contribution in [-0.4, -0.2) is 51.2 Å². The van der Waals surface area contributed by atoms with Gasteiger partial charge in [0, 0.05) is 44.1 Å². The molecular formula is C17H24N6O. The second-order valence-corrected chi connectivity index (χ2v) is 6.68. The van der Waals surface area contributed by atoms with Gasteiger partial charge in [-0.15, -0.1) is 0 Å². The average Bonchev–Trinajstić information content (AvgIpc) is 3.07. The Bertz CT molecular complexity index is 707. The van der Waals surface area contributed by atoms with E-state index in [9.17, 15) is 0 Å². The summed E-state index contributed by atoms with van der Waals surface area (Å²) in [7, 11) is 0. The van der Waals surface area contributed by atoms with Gasteiger partial charge in [0.15, 0.2) is 5.82 Å². The standard InChI is InChI=1S/C17H24N6O/c1-3-22-7-6-15-14(10-22)16(19-11-18-15)23-8-4-13(5-9-23)17-20-12(2)21-24-17/h11,13H,3-10H2,1-2H3. The van der Waals surface area contributed by atoms with E-state index in [2.05, 4.69) is 36.8 Å². The molecule has 4 rings (SSSR count). The van der Waals surface area contributed by atoms with Crippen LogP contribution < -0.4 is 4.90 Å². The number of hydrogen-bond acceptors (Lipinski definition) is 7. The summed E-state index contributed by atoms with van der Waals surface area (Å²) < 4.78 is 5.35. The fourth-order valence-electron chi connectivity index (χ4n) is 3.74. The summed E-state index contributed by atoms with van der Waals surface area (Å²) in [6.07, 6.45) is 4.80. The molecule has 0 radical (unpaired) electrons. The van der Waals surface area contributed by atoms with Crippen LogP contribution in [0.5, 0.6) is 0 Å². The van der Waals surface area contributed by atoms with E-state index in [1.807, 2.05) is 6.92 Å². The molecule has 0 aromatic carbocycles. The van der Waals surface area contributed by atoms with E-state index in [-0.39, 0.29) is 0 Å². The highest BCUT2D eigenvalue weighted by Gasteiger charge is 2.28. The smallest absolute Gasteiger partial charge is 0.229 e. The Morgan fingerprint density at radius 1 is 1.21 bits per heavy atom. The molecule has 7 nitrogen and oxygen atoms in total. The van der Waals surface area contributed by atoms with Crippen molar-refractivity contribution in [2.75, 3.05) is 31.1 Å². The molecule has 24 heavy (non-hydrogen) atoms. The monoisotopic (exact) mass is 328 g/mol. The number of aromatic nitrogens is 4. The molecule has 2 aromatic rings. The van der Waals surface area contributed by atoms with Gasteiger partial charge in [-0.1, -0.05) is 12.1 Å². The van der Waals surface area contributed by atoms with Crippen LogP contribution >= 0.6 is 0 Å². The summed E-state index contributed by atoms with van der Waals surface area (Å²) in [6.45, 7) is 9.17. The lowest BCUT2D eigenvalue weighted by Gasteiger charge is -2.35. The number of likely N-dealkylation sites (N-methyl/N-ethyl adjacent to an activating group) is 1. The topological polar surface area (TPSA) is 71.2 Å². The van der Waals surface area contributed by atoms with Crippen molar-refractivity contribution in [1.29, 1.82) is 0 Å². The van der Waals surface area contributed by atoms with Crippen molar-refractivity contribution in [1.82, 2.24) is 25.0 Å². The zero-order valence-electron chi connectivity index (χ0n) is 14.4. The summed E-state index contributed by atoms with van der Waals surface area (Å²) in [4.78, 5) is 18.4. The van der Waals surface area contributed by atoms with Gasteiger partial charge in [-0.3, -0.25) is 4.90 Å². The van der Waals surface area contributed by atoms with E-state index in [4.69, 9.17) is 4.52 Å². The first-order valence-electron chi connectivity index (χ1n) is 8.85. The third-order valence-electron chi connectivity index (χ3n) is 5.19. The number of nitrogens with zero attached hydrogens (tertiary/aromatic N) is 6. The molecule has 2 aliphatic heterocycles. The lowest BCUT2D eigenvalue weighted by molar-refractivity contribution is 0.265. The minimum atomic E-state index is 0.368. The van der Waals surface area contributed by atoms with Gasteiger partial charge in [-0.05, 0) is 26.3 Å². The van der Waals surface area contributed by atoms with Gasteiger partial charge in [0.05, 0.1) is 5.69 Å². The Balaban J connectivity index is 1.50. The number of fused-ring (bicyclic) bond motifs is 1. The van der Waals surface area contributed by atoms with Crippen molar-refractivity contribution in [3.05, 3.63) is 29.3 Å². The Labute approximate surface area is 142 Å². The van der Waals surface area contributed by atoms with Gasteiger partial charge in [-0.25, -0.2) is 9.97 Å². The molecule has 0 aliphatic carbocycles. The van der Waals surface area contributed by atoms with E-state index < -0.39 is 0 Å². The number of rotatable bonds is 3. The summed E-state index contributed by atoms with van der Waals surface area (Å²) >= 11 is 0. The highest BCUT2D eigenvalue weighted by molar-refractivity contribution is 5.50. The number of piperidine rings is 1. The molecule has 0 N–H and O–H groups in total. The van der Waals surface area contributed by atoms with Crippen molar-refractivity contribution in [3.63, 3.8) is 0 Å². The van der Waals surface area contributed by atoms with Crippen molar-refractivity contribution in [2.24, 2.45) is 0 Å². The van der Waals surface area contributed by atoms with Crippen LogP contribution in [0.2, 0.25) is 0 Å². The number of anilines is 1. The van der Waals surface area contributed by atoms with Gasteiger partial charge in [0.1, 0.15) is 12.1 Å². The van der Waals surface area contributed by atoms with E-state index in [0.29, 0.717) is 5.92 Å². The van der Waals surface area contributed by atoms with Crippen LogP contribution in [0.3, 0.4) is 0 Å². The quantitative estimate of drug-likeness (QED) is 0.852. The van der Waals surface area contributed by atoms with Crippen LogP contribution in [-0.2, 0) is 13.0 Å². The largest absolute Gasteiger partial charge is 0.356 e. The molecule has 0 amide bonds. The van der Waals surface area contributed by atoms with Crippen molar-refractivity contribution >= 4 is 5.82 Å². The molecule has 0 unspecified atom stereocenters. The minimum Gasteiger partial charge on any atom is -0.356 e. The van der Waals surface area contributed by atoms with Crippen LogP contribution in [0.15, 0.2) is 10.9 Å². The Hall–Kier alpha value is -2.02. The van der Waals surface area contributed by atoms with E-state index in [0.717, 1.165) is 69.5 Å². The maximum Gasteiger partial charge on any atom is 0.229 e. The zero-order chi connectivity index (χ0) is 16.5. The first kappa shape index (κ1) is 15.5. The van der Waals surface area contributed by atoms with Gasteiger partial charge in [-0.2, -0.15) is 4.98 Å². The predicted octanol–water partition coefficient (Wildman–Crippen LogP) is 1.93. The SMILES string of the molecule is CCN1CCc2ncnc(N3CCC(c4nc(C)no4)CC3)c2C1. The van der Waals surface area contributed by atoms with Crippen molar-refractivity contribution < 1.29 is 4.52 Å². The molecule has 2 aromatic heterocycles. The lowest BCUT2D eigenvalue weighted by Crippen LogP contribution is -2.37. The van der Waals surface area contributed by atoms with Gasteiger partial charge in [0.2, 0.25) is 5.89 Å². The molecule has 7 heteroatoms. The summed E-state index contributed by atoms with van der Waals surface area (Å²) in [5.41, 5.74) is 2.54. The summed E-state index contributed by atoms with van der Waals surface area (Å²) in [5, 5.41) is 3.92. The molecule has 0 atom stereocenters. The zero-order valence-corrected chi connectivity index (χ0v) is 14.4. The minimum absolute atomic E-state index is 0.368. The highest BCUT2D eigenvalue weighted by Crippen LogP contribution is 2.32. The average molecular weight is 328 g/mol. The van der Waals surface area contributed by atoms with Crippen LogP contribution in [0.25, 0.3) is 0 Å². The van der Waals surface area contributed by atoms with Crippen molar-refractivity contribution in [3.8, 4) is 0 Å². The molecule has 0 spiro atoms. The van der Waals surface area contributed by atoms with Crippen LogP contribution in [0, 0.1) is 6.92 Å². The Morgan fingerprint density at radius 3 is 2.75 bits per heavy atom. The summed E-state index contributed by atoms with van der Waals surface area (Å²) in [5.74, 6) is 3.00. The van der Waals surface area contributed by atoms with Crippen LogP contribution in [0.4, 0.5) is 5.82 Å². The van der Waals surface area contributed by atoms with Crippen molar-refractivity contribution in [2.45, 2.75) is 45.6 Å². The number of aryl methyl sites for hydroxylation is 1. The van der Waals surface area contributed by atoms with Crippen LogP contribution in [0.1, 0.15) is 48.7 Å². The molecule has 1 saturated heterocycles. The van der Waals surface area contributed by atoms with Gasteiger partial charge >= 0.3 is 0 Å². The maximum absolute atomic E-state index is 5.35. The molecule has 0 saturated carbocycles.